The lowest BCUT2D eigenvalue weighted by atomic mass is 9.96. The Balaban J connectivity index is 1.81. The monoisotopic (exact) mass is 368 g/mol. The number of halogens is 1. The van der Waals surface area contributed by atoms with Gasteiger partial charge in [0, 0.05) is 23.2 Å². The SMILES string of the molecule is C[C@@H](NC(=O)C[NH+]1CCC(C(N)=O)CC1)c1ccccc1Br. The molecule has 22 heavy (non-hydrogen) atoms. The van der Waals surface area contributed by atoms with E-state index in [9.17, 15) is 9.59 Å². The largest absolute Gasteiger partial charge is 0.369 e. The smallest absolute Gasteiger partial charge is 0.275 e. The molecule has 1 saturated heterocycles. The lowest BCUT2D eigenvalue weighted by Gasteiger charge is -2.27. The maximum Gasteiger partial charge on any atom is 0.275 e. The number of carbonyl (C=O) groups is 2. The number of rotatable bonds is 5. The number of hydrogen-bond donors (Lipinski definition) is 3. The molecule has 0 aromatic heterocycles. The quantitative estimate of drug-likeness (QED) is 0.703. The Bertz CT molecular complexity index is 542. The van der Waals surface area contributed by atoms with Crippen LogP contribution >= 0.6 is 15.9 Å². The molecule has 2 amide bonds. The Labute approximate surface area is 139 Å². The Morgan fingerprint density at radius 2 is 2.00 bits per heavy atom. The second-order valence-corrected chi connectivity index (χ2v) is 6.77. The predicted octanol–water partition coefficient (Wildman–Crippen LogP) is 0.407. The summed E-state index contributed by atoms with van der Waals surface area (Å²) < 4.78 is 0.998. The van der Waals surface area contributed by atoms with Crippen LogP contribution in [0, 0.1) is 5.92 Å². The first kappa shape index (κ1) is 17.0. The number of likely N-dealkylation sites (tertiary alicyclic amines) is 1. The van der Waals surface area contributed by atoms with Crippen LogP contribution in [-0.4, -0.2) is 31.4 Å². The van der Waals surface area contributed by atoms with E-state index in [1.54, 1.807) is 0 Å². The van der Waals surface area contributed by atoms with Gasteiger partial charge in [0.1, 0.15) is 0 Å². The number of hydrogen-bond acceptors (Lipinski definition) is 2. The molecule has 6 heteroatoms. The highest BCUT2D eigenvalue weighted by Gasteiger charge is 2.27. The molecule has 0 radical (unpaired) electrons. The number of nitrogens with one attached hydrogen (secondary N) is 2. The molecule has 0 unspecified atom stereocenters. The Morgan fingerprint density at radius 3 is 2.59 bits per heavy atom. The summed E-state index contributed by atoms with van der Waals surface area (Å²) in [6.45, 7) is 4.07. The van der Waals surface area contributed by atoms with Crippen molar-refractivity contribution in [3.8, 4) is 0 Å². The summed E-state index contributed by atoms with van der Waals surface area (Å²) in [5.41, 5.74) is 6.39. The minimum atomic E-state index is -0.217. The standard InChI is InChI=1S/C16H22BrN3O2/c1-11(13-4-2-3-5-14(13)17)19-15(21)10-20-8-6-12(7-9-20)16(18)22/h2-5,11-12H,6-10H2,1H3,(H2,18,22)(H,19,21)/p+1/t11-/m1/s1. The normalized spacial score (nSPS) is 22.8. The molecule has 0 spiro atoms. The summed E-state index contributed by atoms with van der Waals surface area (Å²) in [4.78, 5) is 24.5. The fraction of sp³-hybridized carbons (Fsp3) is 0.500. The molecule has 0 saturated carbocycles. The van der Waals surface area contributed by atoms with Gasteiger partial charge in [0.15, 0.2) is 6.54 Å². The first-order valence-corrected chi connectivity index (χ1v) is 8.43. The van der Waals surface area contributed by atoms with E-state index in [1.807, 2.05) is 31.2 Å². The number of piperidine rings is 1. The molecule has 1 atom stereocenters. The summed E-state index contributed by atoms with van der Waals surface area (Å²) in [6, 6.07) is 7.85. The van der Waals surface area contributed by atoms with Crippen LogP contribution in [0.3, 0.4) is 0 Å². The van der Waals surface area contributed by atoms with Gasteiger partial charge >= 0.3 is 0 Å². The minimum absolute atomic E-state index is 0.0222. The van der Waals surface area contributed by atoms with Gasteiger partial charge in [-0.2, -0.15) is 0 Å². The average Bonchev–Trinajstić information content (AvgIpc) is 2.48. The molecular formula is C16H23BrN3O2+. The van der Waals surface area contributed by atoms with Crippen molar-refractivity contribution in [2.45, 2.75) is 25.8 Å². The molecular weight excluding hydrogens is 346 g/mol. The zero-order valence-electron chi connectivity index (χ0n) is 12.8. The Kier molecular flexibility index (Phi) is 5.97. The van der Waals surface area contributed by atoms with E-state index in [4.69, 9.17) is 5.73 Å². The molecule has 1 aliphatic heterocycles. The van der Waals surface area contributed by atoms with Gasteiger partial charge in [-0.15, -0.1) is 0 Å². The van der Waals surface area contributed by atoms with Gasteiger partial charge in [-0.25, -0.2) is 0 Å². The van der Waals surface area contributed by atoms with Gasteiger partial charge in [-0.1, -0.05) is 34.1 Å². The van der Waals surface area contributed by atoms with Crippen molar-refractivity contribution in [1.29, 1.82) is 0 Å². The van der Waals surface area contributed by atoms with Crippen LogP contribution < -0.4 is 16.0 Å². The van der Waals surface area contributed by atoms with Crippen molar-refractivity contribution in [3.05, 3.63) is 34.3 Å². The fourth-order valence-corrected chi connectivity index (χ4v) is 3.54. The van der Waals surface area contributed by atoms with E-state index >= 15 is 0 Å². The van der Waals surface area contributed by atoms with Crippen LogP contribution in [0.15, 0.2) is 28.7 Å². The molecule has 1 heterocycles. The lowest BCUT2D eigenvalue weighted by Crippen LogP contribution is -3.14. The summed E-state index contributed by atoms with van der Waals surface area (Å²) in [6.07, 6.45) is 1.55. The van der Waals surface area contributed by atoms with Crippen molar-refractivity contribution < 1.29 is 14.5 Å². The molecule has 5 nitrogen and oxygen atoms in total. The number of carbonyl (C=O) groups excluding carboxylic acids is 2. The summed E-state index contributed by atoms with van der Waals surface area (Å²) in [5.74, 6) is -0.201. The maximum atomic E-state index is 12.2. The van der Waals surface area contributed by atoms with Crippen LogP contribution in [0.4, 0.5) is 0 Å². The highest BCUT2D eigenvalue weighted by Crippen LogP contribution is 2.22. The van der Waals surface area contributed by atoms with Gasteiger partial charge < -0.3 is 16.0 Å². The molecule has 2 rings (SSSR count). The summed E-state index contributed by atoms with van der Waals surface area (Å²) in [5, 5.41) is 3.04. The van der Waals surface area contributed by atoms with E-state index in [0.717, 1.165) is 36.0 Å². The van der Waals surface area contributed by atoms with Crippen LogP contribution in [-0.2, 0) is 9.59 Å². The van der Waals surface area contributed by atoms with Gasteiger partial charge in [0.25, 0.3) is 5.91 Å². The maximum absolute atomic E-state index is 12.2. The predicted molar refractivity (Wildman–Crippen MR) is 88.2 cm³/mol. The van der Waals surface area contributed by atoms with Crippen molar-refractivity contribution in [1.82, 2.24) is 5.32 Å². The minimum Gasteiger partial charge on any atom is -0.369 e. The third-order valence-electron chi connectivity index (χ3n) is 4.25. The molecule has 120 valence electrons. The second kappa shape index (κ2) is 7.74. The third-order valence-corrected chi connectivity index (χ3v) is 4.98. The Hall–Kier alpha value is -1.40. The van der Waals surface area contributed by atoms with Crippen molar-refractivity contribution >= 4 is 27.7 Å². The van der Waals surface area contributed by atoms with Crippen LogP contribution in [0.1, 0.15) is 31.4 Å². The van der Waals surface area contributed by atoms with Crippen LogP contribution in [0.25, 0.3) is 0 Å². The third kappa shape index (κ3) is 4.55. The number of nitrogens with two attached hydrogens (primary N) is 1. The lowest BCUT2D eigenvalue weighted by molar-refractivity contribution is -0.897. The fourth-order valence-electron chi connectivity index (χ4n) is 2.91. The van der Waals surface area contributed by atoms with Crippen LogP contribution in [0.5, 0.6) is 0 Å². The molecule has 1 aliphatic rings. The highest BCUT2D eigenvalue weighted by atomic mass is 79.9. The molecule has 1 aromatic rings. The van der Waals surface area contributed by atoms with E-state index in [0.29, 0.717) is 6.54 Å². The summed E-state index contributed by atoms with van der Waals surface area (Å²) >= 11 is 3.51. The number of benzene rings is 1. The number of amides is 2. The first-order chi connectivity index (χ1) is 10.5. The number of quaternary nitrogens is 1. The zero-order chi connectivity index (χ0) is 16.1. The van der Waals surface area contributed by atoms with E-state index in [1.165, 1.54) is 4.90 Å². The van der Waals surface area contributed by atoms with Crippen molar-refractivity contribution in [3.63, 3.8) is 0 Å². The second-order valence-electron chi connectivity index (χ2n) is 5.91. The average molecular weight is 369 g/mol. The van der Waals surface area contributed by atoms with Crippen molar-refractivity contribution in [2.24, 2.45) is 11.7 Å². The molecule has 0 bridgehead atoms. The number of primary amides is 1. The van der Waals surface area contributed by atoms with Crippen molar-refractivity contribution in [2.75, 3.05) is 19.6 Å². The van der Waals surface area contributed by atoms with E-state index < -0.39 is 0 Å². The molecule has 1 aromatic carbocycles. The van der Waals surface area contributed by atoms with Crippen LogP contribution in [0.2, 0.25) is 0 Å². The molecule has 1 fully saturated rings. The van der Waals surface area contributed by atoms with Gasteiger partial charge in [0.05, 0.1) is 19.1 Å². The highest BCUT2D eigenvalue weighted by molar-refractivity contribution is 9.10. The molecule has 0 aliphatic carbocycles. The van der Waals surface area contributed by atoms with E-state index in [2.05, 4.69) is 21.2 Å². The zero-order valence-corrected chi connectivity index (χ0v) is 14.4. The first-order valence-electron chi connectivity index (χ1n) is 7.64. The topological polar surface area (TPSA) is 76.6 Å². The van der Waals surface area contributed by atoms with Gasteiger partial charge in [0.2, 0.25) is 5.91 Å². The van der Waals surface area contributed by atoms with Gasteiger partial charge in [-0.3, -0.25) is 9.59 Å². The van der Waals surface area contributed by atoms with Gasteiger partial charge in [-0.05, 0) is 18.6 Å². The molecule has 4 N–H and O–H groups in total. The van der Waals surface area contributed by atoms with E-state index in [-0.39, 0.29) is 23.8 Å². The Morgan fingerprint density at radius 1 is 1.36 bits per heavy atom. The summed E-state index contributed by atoms with van der Waals surface area (Å²) in [7, 11) is 0.